The fourth-order valence-electron chi connectivity index (χ4n) is 1.38. The molecule has 2 rings (SSSR count). The summed E-state index contributed by atoms with van der Waals surface area (Å²) >= 11 is 0. The second-order valence-corrected chi connectivity index (χ2v) is 5.92. The molecule has 1 aromatic rings. The van der Waals surface area contributed by atoms with Gasteiger partial charge >= 0.3 is 0 Å². The summed E-state index contributed by atoms with van der Waals surface area (Å²) in [6.45, 7) is 0.296. The maximum Gasteiger partial charge on any atom is 0.214 e. The largest absolute Gasteiger partial charge is 0.214 e. The van der Waals surface area contributed by atoms with Crippen LogP contribution in [0.3, 0.4) is 0 Å². The van der Waals surface area contributed by atoms with Gasteiger partial charge in [0.05, 0.1) is 16.9 Å². The summed E-state index contributed by atoms with van der Waals surface area (Å²) in [6.07, 6.45) is 1.53. The Balaban J connectivity index is 1.97. The molecular weight excluding hydrogens is 224 g/mol. The molecule has 1 aliphatic carbocycles. The van der Waals surface area contributed by atoms with E-state index in [2.05, 4.69) is 4.72 Å². The van der Waals surface area contributed by atoms with E-state index in [-0.39, 0.29) is 5.25 Å². The fourth-order valence-corrected chi connectivity index (χ4v) is 2.74. The van der Waals surface area contributed by atoms with Crippen molar-refractivity contribution in [2.45, 2.75) is 24.6 Å². The minimum atomic E-state index is -3.12. The van der Waals surface area contributed by atoms with Gasteiger partial charge in [-0.05, 0) is 30.5 Å². The highest BCUT2D eigenvalue weighted by Gasteiger charge is 2.35. The zero-order valence-electron chi connectivity index (χ0n) is 8.68. The van der Waals surface area contributed by atoms with Crippen molar-refractivity contribution in [2.75, 3.05) is 0 Å². The SMILES string of the molecule is N#Cc1ccc(CNS(=O)(=O)C2CC2)cc1. The normalized spacial score (nSPS) is 15.7. The van der Waals surface area contributed by atoms with Gasteiger partial charge in [0.2, 0.25) is 10.0 Å². The molecule has 0 atom stereocenters. The van der Waals surface area contributed by atoms with E-state index in [0.717, 1.165) is 18.4 Å². The summed E-state index contributed by atoms with van der Waals surface area (Å²) in [5.41, 5.74) is 1.44. The van der Waals surface area contributed by atoms with Crippen LogP contribution in [-0.4, -0.2) is 13.7 Å². The van der Waals surface area contributed by atoms with Crippen molar-refractivity contribution in [1.82, 2.24) is 4.72 Å². The third-order valence-corrected chi connectivity index (χ3v) is 4.42. The molecule has 1 fully saturated rings. The third kappa shape index (κ3) is 2.60. The quantitative estimate of drug-likeness (QED) is 0.852. The molecule has 0 bridgehead atoms. The monoisotopic (exact) mass is 236 g/mol. The molecule has 0 spiro atoms. The molecule has 0 radical (unpaired) electrons. The summed E-state index contributed by atoms with van der Waals surface area (Å²) in [6, 6.07) is 8.89. The molecule has 0 heterocycles. The van der Waals surface area contributed by atoms with Gasteiger partial charge in [-0.3, -0.25) is 0 Å². The second-order valence-electron chi connectivity index (χ2n) is 3.87. The molecule has 0 aromatic heterocycles. The van der Waals surface area contributed by atoms with Crippen LogP contribution in [-0.2, 0) is 16.6 Å². The summed E-state index contributed by atoms with van der Waals surface area (Å²) in [5.74, 6) is 0. The van der Waals surface area contributed by atoms with Crippen LogP contribution in [0.25, 0.3) is 0 Å². The van der Waals surface area contributed by atoms with Crippen LogP contribution in [0.5, 0.6) is 0 Å². The molecule has 1 N–H and O–H groups in total. The average molecular weight is 236 g/mol. The average Bonchev–Trinajstić information content (AvgIpc) is 3.11. The van der Waals surface area contributed by atoms with Gasteiger partial charge < -0.3 is 0 Å². The van der Waals surface area contributed by atoms with Crippen molar-refractivity contribution < 1.29 is 8.42 Å². The van der Waals surface area contributed by atoms with Crippen molar-refractivity contribution in [3.05, 3.63) is 35.4 Å². The lowest BCUT2D eigenvalue weighted by molar-refractivity contribution is 0.580. The Morgan fingerprint density at radius 1 is 1.31 bits per heavy atom. The molecule has 16 heavy (non-hydrogen) atoms. The highest BCUT2D eigenvalue weighted by Crippen LogP contribution is 2.27. The van der Waals surface area contributed by atoms with E-state index in [1.165, 1.54) is 0 Å². The van der Waals surface area contributed by atoms with E-state index in [4.69, 9.17) is 5.26 Å². The Hall–Kier alpha value is -1.38. The Labute approximate surface area is 95.0 Å². The Bertz CT molecular complexity index is 510. The summed E-state index contributed by atoms with van der Waals surface area (Å²) in [4.78, 5) is 0. The molecule has 0 saturated heterocycles. The molecular formula is C11H12N2O2S. The van der Waals surface area contributed by atoms with E-state index in [1.54, 1.807) is 24.3 Å². The third-order valence-electron chi connectivity index (χ3n) is 2.52. The van der Waals surface area contributed by atoms with Crippen LogP contribution in [0.2, 0.25) is 0 Å². The van der Waals surface area contributed by atoms with Gasteiger partial charge in [-0.25, -0.2) is 13.1 Å². The van der Waals surface area contributed by atoms with Crippen LogP contribution >= 0.6 is 0 Å². The second kappa shape index (κ2) is 4.24. The fraction of sp³-hybridized carbons (Fsp3) is 0.364. The van der Waals surface area contributed by atoms with Crippen LogP contribution in [0.4, 0.5) is 0 Å². The number of rotatable bonds is 4. The van der Waals surface area contributed by atoms with Gasteiger partial charge in [-0.1, -0.05) is 12.1 Å². The Morgan fingerprint density at radius 3 is 2.44 bits per heavy atom. The maximum atomic E-state index is 11.5. The minimum Gasteiger partial charge on any atom is -0.212 e. The lowest BCUT2D eigenvalue weighted by Crippen LogP contribution is -2.26. The predicted molar refractivity (Wildman–Crippen MR) is 59.9 cm³/mol. The van der Waals surface area contributed by atoms with Gasteiger partial charge in [-0.2, -0.15) is 5.26 Å². The van der Waals surface area contributed by atoms with Crippen LogP contribution in [0, 0.1) is 11.3 Å². The molecule has 1 saturated carbocycles. The minimum absolute atomic E-state index is 0.189. The first-order valence-electron chi connectivity index (χ1n) is 5.09. The molecule has 1 aromatic carbocycles. The van der Waals surface area contributed by atoms with E-state index >= 15 is 0 Å². The first-order valence-corrected chi connectivity index (χ1v) is 6.64. The lowest BCUT2D eigenvalue weighted by atomic mass is 10.1. The summed E-state index contributed by atoms with van der Waals surface area (Å²) < 4.78 is 25.6. The van der Waals surface area contributed by atoms with E-state index in [9.17, 15) is 8.42 Å². The van der Waals surface area contributed by atoms with Crippen LogP contribution in [0.1, 0.15) is 24.0 Å². The molecule has 5 heteroatoms. The van der Waals surface area contributed by atoms with Crippen molar-refractivity contribution in [2.24, 2.45) is 0 Å². The number of hydrogen-bond acceptors (Lipinski definition) is 3. The molecule has 0 aliphatic heterocycles. The van der Waals surface area contributed by atoms with Crippen LogP contribution < -0.4 is 4.72 Å². The smallest absolute Gasteiger partial charge is 0.212 e. The molecule has 0 amide bonds. The number of benzene rings is 1. The first kappa shape index (κ1) is 11.1. The van der Waals surface area contributed by atoms with E-state index < -0.39 is 10.0 Å². The van der Waals surface area contributed by atoms with Gasteiger partial charge in [-0.15, -0.1) is 0 Å². The number of nitriles is 1. The summed E-state index contributed by atoms with van der Waals surface area (Å²) in [5, 5.41) is 8.42. The molecule has 4 nitrogen and oxygen atoms in total. The van der Waals surface area contributed by atoms with Crippen molar-refractivity contribution in [3.63, 3.8) is 0 Å². The highest BCUT2D eigenvalue weighted by atomic mass is 32.2. The zero-order chi connectivity index (χ0) is 11.6. The van der Waals surface area contributed by atoms with Gasteiger partial charge in [0, 0.05) is 6.54 Å². The van der Waals surface area contributed by atoms with Gasteiger partial charge in [0.1, 0.15) is 0 Å². The predicted octanol–water partition coefficient (Wildman–Crippen LogP) is 1.14. The van der Waals surface area contributed by atoms with Gasteiger partial charge in [0.15, 0.2) is 0 Å². The van der Waals surface area contributed by atoms with Crippen molar-refractivity contribution in [1.29, 1.82) is 5.26 Å². The standard InChI is InChI=1S/C11H12N2O2S/c12-7-9-1-3-10(4-2-9)8-13-16(14,15)11-5-6-11/h1-4,11,13H,5-6,8H2. The molecule has 84 valence electrons. The molecule has 0 unspecified atom stereocenters. The maximum absolute atomic E-state index is 11.5. The van der Waals surface area contributed by atoms with E-state index in [1.807, 2.05) is 6.07 Å². The number of nitrogens with one attached hydrogen (secondary N) is 1. The zero-order valence-corrected chi connectivity index (χ0v) is 9.50. The summed E-state index contributed by atoms with van der Waals surface area (Å²) in [7, 11) is -3.12. The topological polar surface area (TPSA) is 70.0 Å². The van der Waals surface area contributed by atoms with Gasteiger partial charge in [0.25, 0.3) is 0 Å². The van der Waals surface area contributed by atoms with Crippen LogP contribution in [0.15, 0.2) is 24.3 Å². The number of nitrogens with zero attached hydrogens (tertiary/aromatic N) is 1. The Morgan fingerprint density at radius 2 is 1.94 bits per heavy atom. The lowest BCUT2D eigenvalue weighted by Gasteiger charge is -2.05. The van der Waals surface area contributed by atoms with E-state index in [0.29, 0.717) is 12.1 Å². The Kier molecular flexibility index (Phi) is 2.95. The molecule has 1 aliphatic rings. The number of hydrogen-bond donors (Lipinski definition) is 1. The number of sulfonamides is 1. The first-order chi connectivity index (χ1) is 7.62. The van der Waals surface area contributed by atoms with Crippen molar-refractivity contribution in [3.8, 4) is 6.07 Å². The van der Waals surface area contributed by atoms with Crippen molar-refractivity contribution >= 4 is 10.0 Å². The highest BCUT2D eigenvalue weighted by molar-refractivity contribution is 7.90.